The highest BCUT2D eigenvalue weighted by Gasteiger charge is 2.53. The summed E-state index contributed by atoms with van der Waals surface area (Å²) in [5.41, 5.74) is 1.53. The molecule has 5 nitrogen and oxygen atoms in total. The van der Waals surface area contributed by atoms with Gasteiger partial charge in [0.2, 0.25) is 11.8 Å². The summed E-state index contributed by atoms with van der Waals surface area (Å²) in [5, 5.41) is 3.10. The molecule has 1 aromatic carbocycles. The maximum atomic E-state index is 13.2. The molecule has 2 saturated heterocycles. The van der Waals surface area contributed by atoms with Crippen molar-refractivity contribution in [1.29, 1.82) is 0 Å². The lowest BCUT2D eigenvalue weighted by atomic mass is 9.76. The molecule has 0 radical (unpaired) electrons. The van der Waals surface area contributed by atoms with Gasteiger partial charge < -0.3 is 15.0 Å². The SMILES string of the molecule is Cc1cccc(C2(C(=O)NCCCOC(C)C)CC3CCC(=O)N3C2)c1. The van der Waals surface area contributed by atoms with Crippen molar-refractivity contribution in [2.45, 2.75) is 64.0 Å². The van der Waals surface area contributed by atoms with Crippen molar-refractivity contribution < 1.29 is 14.3 Å². The van der Waals surface area contributed by atoms with Crippen LogP contribution < -0.4 is 5.32 Å². The van der Waals surface area contributed by atoms with Gasteiger partial charge in [-0.05, 0) is 45.6 Å². The number of aryl methyl sites for hydroxylation is 1. The number of nitrogens with zero attached hydrogens (tertiary/aromatic N) is 1. The van der Waals surface area contributed by atoms with Crippen LogP contribution in [-0.4, -0.2) is 48.6 Å². The minimum absolute atomic E-state index is 0.0369. The summed E-state index contributed by atoms with van der Waals surface area (Å²) >= 11 is 0. The number of hydrogen-bond donors (Lipinski definition) is 1. The second-order valence-electron chi connectivity index (χ2n) is 7.90. The molecule has 2 aliphatic rings. The monoisotopic (exact) mass is 358 g/mol. The van der Waals surface area contributed by atoms with Crippen molar-refractivity contribution in [2.24, 2.45) is 0 Å². The third kappa shape index (κ3) is 3.78. The quantitative estimate of drug-likeness (QED) is 0.762. The maximum Gasteiger partial charge on any atom is 0.232 e. The highest BCUT2D eigenvalue weighted by atomic mass is 16.5. The third-order valence-corrected chi connectivity index (χ3v) is 5.54. The molecule has 0 saturated carbocycles. The van der Waals surface area contributed by atoms with Crippen LogP contribution in [0.4, 0.5) is 0 Å². The van der Waals surface area contributed by atoms with E-state index in [-0.39, 0.29) is 24.0 Å². The Morgan fingerprint density at radius 2 is 2.23 bits per heavy atom. The van der Waals surface area contributed by atoms with Gasteiger partial charge in [-0.2, -0.15) is 0 Å². The van der Waals surface area contributed by atoms with Crippen LogP contribution in [0, 0.1) is 6.92 Å². The summed E-state index contributed by atoms with van der Waals surface area (Å²) in [6.45, 7) is 7.79. The summed E-state index contributed by atoms with van der Waals surface area (Å²) in [7, 11) is 0. The predicted molar refractivity (Wildman–Crippen MR) is 101 cm³/mol. The number of fused-ring (bicyclic) bond motifs is 1. The Balaban J connectivity index is 1.74. The molecule has 5 heteroatoms. The topological polar surface area (TPSA) is 58.6 Å². The van der Waals surface area contributed by atoms with Gasteiger partial charge in [-0.1, -0.05) is 29.8 Å². The molecule has 2 atom stereocenters. The van der Waals surface area contributed by atoms with Gasteiger partial charge in [0.25, 0.3) is 0 Å². The van der Waals surface area contributed by atoms with E-state index in [1.807, 2.05) is 43.9 Å². The Kier molecular flexibility index (Phi) is 5.66. The van der Waals surface area contributed by atoms with Crippen LogP contribution in [0.5, 0.6) is 0 Å². The van der Waals surface area contributed by atoms with Crippen LogP contribution in [0.25, 0.3) is 0 Å². The number of amides is 2. The molecule has 26 heavy (non-hydrogen) atoms. The van der Waals surface area contributed by atoms with Crippen LogP contribution in [-0.2, 0) is 19.7 Å². The summed E-state index contributed by atoms with van der Waals surface area (Å²) in [6, 6.07) is 8.36. The Hall–Kier alpha value is -1.88. The van der Waals surface area contributed by atoms with Crippen molar-refractivity contribution >= 4 is 11.8 Å². The summed E-state index contributed by atoms with van der Waals surface area (Å²) in [4.78, 5) is 27.3. The van der Waals surface area contributed by atoms with Crippen LogP contribution in [0.2, 0.25) is 0 Å². The van der Waals surface area contributed by atoms with E-state index in [4.69, 9.17) is 4.74 Å². The largest absolute Gasteiger partial charge is 0.379 e. The van der Waals surface area contributed by atoms with Gasteiger partial charge in [-0.3, -0.25) is 9.59 Å². The third-order valence-electron chi connectivity index (χ3n) is 5.54. The van der Waals surface area contributed by atoms with Crippen LogP contribution in [0.1, 0.15) is 50.7 Å². The first-order chi connectivity index (χ1) is 12.4. The Morgan fingerprint density at radius 1 is 1.42 bits per heavy atom. The summed E-state index contributed by atoms with van der Waals surface area (Å²) in [6.07, 6.45) is 3.19. The maximum absolute atomic E-state index is 13.2. The average Bonchev–Trinajstić information content (AvgIpc) is 3.14. The molecule has 2 unspecified atom stereocenters. The van der Waals surface area contributed by atoms with Gasteiger partial charge in [-0.25, -0.2) is 0 Å². The molecule has 1 aromatic rings. The highest BCUT2D eigenvalue weighted by Crippen LogP contribution is 2.43. The van der Waals surface area contributed by atoms with Crippen molar-refractivity contribution in [3.63, 3.8) is 0 Å². The lowest BCUT2D eigenvalue weighted by Gasteiger charge is -2.29. The first-order valence-corrected chi connectivity index (χ1v) is 9.69. The minimum Gasteiger partial charge on any atom is -0.379 e. The zero-order chi connectivity index (χ0) is 18.7. The van der Waals surface area contributed by atoms with E-state index >= 15 is 0 Å². The van der Waals surface area contributed by atoms with E-state index < -0.39 is 5.41 Å². The molecule has 0 aliphatic carbocycles. The van der Waals surface area contributed by atoms with E-state index in [0.29, 0.717) is 26.1 Å². The van der Waals surface area contributed by atoms with Crippen molar-refractivity contribution in [3.8, 4) is 0 Å². The standard InChI is InChI=1S/C21H30N2O3/c1-15(2)26-11-5-10-22-20(25)21(17-7-4-6-16(3)12-17)13-18-8-9-19(24)23(18)14-21/h4,6-7,12,15,18H,5,8-11,13-14H2,1-3H3,(H,22,25). The highest BCUT2D eigenvalue weighted by molar-refractivity contribution is 5.91. The summed E-state index contributed by atoms with van der Waals surface area (Å²) < 4.78 is 5.55. The molecule has 142 valence electrons. The molecular weight excluding hydrogens is 328 g/mol. The molecule has 2 amide bonds. The molecule has 2 aliphatic heterocycles. The van der Waals surface area contributed by atoms with Crippen LogP contribution in [0.3, 0.4) is 0 Å². The van der Waals surface area contributed by atoms with Crippen LogP contribution in [0.15, 0.2) is 24.3 Å². The number of carbonyl (C=O) groups excluding carboxylic acids is 2. The number of ether oxygens (including phenoxy) is 1. The number of rotatable bonds is 7. The predicted octanol–water partition coefficient (Wildman–Crippen LogP) is 2.56. The van der Waals surface area contributed by atoms with Gasteiger partial charge in [-0.15, -0.1) is 0 Å². The number of carbonyl (C=O) groups is 2. The first kappa shape index (κ1) is 18.9. The Morgan fingerprint density at radius 3 is 2.92 bits per heavy atom. The van der Waals surface area contributed by atoms with Gasteiger partial charge in [0, 0.05) is 32.2 Å². The normalized spacial score (nSPS) is 25.0. The fraction of sp³-hybridized carbons (Fsp3) is 0.619. The summed E-state index contributed by atoms with van der Waals surface area (Å²) in [5.74, 6) is 0.220. The molecule has 2 heterocycles. The fourth-order valence-corrected chi connectivity index (χ4v) is 4.19. The van der Waals surface area contributed by atoms with Crippen molar-refractivity contribution in [1.82, 2.24) is 10.2 Å². The van der Waals surface area contributed by atoms with Crippen molar-refractivity contribution in [2.75, 3.05) is 19.7 Å². The Labute approximate surface area is 156 Å². The molecule has 0 bridgehead atoms. The van der Waals surface area contributed by atoms with Crippen molar-refractivity contribution in [3.05, 3.63) is 35.4 Å². The zero-order valence-electron chi connectivity index (χ0n) is 16.1. The van der Waals surface area contributed by atoms with E-state index in [1.54, 1.807) is 0 Å². The molecule has 3 rings (SSSR count). The second-order valence-corrected chi connectivity index (χ2v) is 7.90. The van der Waals surface area contributed by atoms with Gasteiger partial charge in [0.15, 0.2) is 0 Å². The number of benzene rings is 1. The molecule has 2 fully saturated rings. The molecule has 0 spiro atoms. The van der Waals surface area contributed by atoms with Crippen LogP contribution >= 0.6 is 0 Å². The first-order valence-electron chi connectivity index (χ1n) is 9.69. The fourth-order valence-electron chi connectivity index (χ4n) is 4.19. The van der Waals surface area contributed by atoms with E-state index in [1.165, 1.54) is 0 Å². The van der Waals surface area contributed by atoms with E-state index in [0.717, 1.165) is 30.4 Å². The average molecular weight is 358 g/mol. The van der Waals surface area contributed by atoms with E-state index in [2.05, 4.69) is 11.4 Å². The second kappa shape index (κ2) is 7.78. The Bertz CT molecular complexity index is 673. The molecular formula is C21H30N2O3. The lowest BCUT2D eigenvalue weighted by Crippen LogP contribution is -2.47. The minimum atomic E-state index is -0.633. The number of nitrogens with one attached hydrogen (secondary N) is 1. The molecule has 0 aromatic heterocycles. The van der Waals surface area contributed by atoms with Gasteiger partial charge in [0.05, 0.1) is 11.5 Å². The zero-order valence-corrected chi connectivity index (χ0v) is 16.1. The van der Waals surface area contributed by atoms with E-state index in [9.17, 15) is 9.59 Å². The van der Waals surface area contributed by atoms with Gasteiger partial charge in [0.1, 0.15) is 0 Å². The number of hydrogen-bond acceptors (Lipinski definition) is 3. The lowest BCUT2D eigenvalue weighted by molar-refractivity contribution is -0.129. The van der Waals surface area contributed by atoms with Gasteiger partial charge >= 0.3 is 0 Å². The smallest absolute Gasteiger partial charge is 0.232 e. The molecule has 1 N–H and O–H groups in total.